The van der Waals surface area contributed by atoms with Crippen LogP contribution >= 0.6 is 0 Å². The number of hydrogen-bond donors (Lipinski definition) is 0. The molecule has 1 unspecified atom stereocenters. The smallest absolute Gasteiger partial charge is 0.245 e. The first-order valence-corrected chi connectivity index (χ1v) is 8.75. The maximum Gasteiger partial charge on any atom is 0.245 e. The maximum atomic E-state index is 12.5. The van der Waals surface area contributed by atoms with Crippen molar-refractivity contribution in [3.05, 3.63) is 24.3 Å². The molecule has 1 amide bonds. The fraction of sp³-hybridized carbons (Fsp3) is 0.533. The average molecular weight is 326 g/mol. The highest BCUT2D eigenvalue weighted by Crippen LogP contribution is 2.25. The molecule has 22 heavy (non-hydrogen) atoms. The topological polar surface area (TPSA) is 66.9 Å². The lowest BCUT2D eigenvalue weighted by Gasteiger charge is -2.39. The van der Waals surface area contributed by atoms with Gasteiger partial charge < -0.3 is 9.64 Å². The van der Waals surface area contributed by atoms with Gasteiger partial charge in [0.15, 0.2) is 0 Å². The highest BCUT2D eigenvalue weighted by molar-refractivity contribution is 7.89. The van der Waals surface area contributed by atoms with Gasteiger partial charge in [-0.1, -0.05) is 0 Å². The van der Waals surface area contributed by atoms with E-state index in [2.05, 4.69) is 0 Å². The van der Waals surface area contributed by atoms with Gasteiger partial charge in [0.1, 0.15) is 11.8 Å². The molecule has 1 aromatic rings. The fourth-order valence-corrected chi connectivity index (χ4v) is 3.90. The van der Waals surface area contributed by atoms with Gasteiger partial charge in [-0.2, -0.15) is 4.31 Å². The van der Waals surface area contributed by atoms with Gasteiger partial charge >= 0.3 is 0 Å². The van der Waals surface area contributed by atoms with Crippen LogP contribution in [-0.4, -0.2) is 50.1 Å². The Balaban J connectivity index is 2.22. The molecule has 122 valence electrons. The summed E-state index contributed by atoms with van der Waals surface area (Å²) >= 11 is 0. The van der Waals surface area contributed by atoms with Crippen molar-refractivity contribution < 1.29 is 17.9 Å². The van der Waals surface area contributed by atoms with E-state index in [1.54, 1.807) is 57.0 Å². The molecule has 0 N–H and O–H groups in total. The van der Waals surface area contributed by atoms with E-state index >= 15 is 0 Å². The van der Waals surface area contributed by atoms with Crippen molar-refractivity contribution in [2.45, 2.75) is 32.1 Å². The minimum Gasteiger partial charge on any atom is -0.497 e. The third-order valence-corrected chi connectivity index (χ3v) is 6.25. The number of anilines is 1. The number of carbonyl (C=O) groups excluding carboxylic acids is 1. The van der Waals surface area contributed by atoms with E-state index in [9.17, 15) is 13.2 Å². The summed E-state index contributed by atoms with van der Waals surface area (Å²) in [4.78, 5) is 14.2. The Kier molecular flexibility index (Phi) is 4.77. The van der Waals surface area contributed by atoms with Crippen molar-refractivity contribution >= 4 is 21.6 Å². The first-order valence-electron chi connectivity index (χ1n) is 7.25. The lowest BCUT2D eigenvalue weighted by Crippen LogP contribution is -2.58. The molecular weight excluding hydrogens is 304 g/mol. The van der Waals surface area contributed by atoms with E-state index < -0.39 is 21.3 Å². The van der Waals surface area contributed by atoms with Gasteiger partial charge in [0, 0.05) is 18.8 Å². The monoisotopic (exact) mass is 326 g/mol. The van der Waals surface area contributed by atoms with Gasteiger partial charge in [-0.3, -0.25) is 4.79 Å². The number of piperazine rings is 1. The zero-order valence-corrected chi connectivity index (χ0v) is 14.1. The van der Waals surface area contributed by atoms with Crippen molar-refractivity contribution in [3.8, 4) is 5.75 Å². The van der Waals surface area contributed by atoms with Crippen molar-refractivity contribution in [2.75, 3.05) is 25.1 Å². The van der Waals surface area contributed by atoms with E-state index in [1.165, 1.54) is 4.31 Å². The largest absolute Gasteiger partial charge is 0.497 e. The number of rotatable bonds is 4. The summed E-state index contributed by atoms with van der Waals surface area (Å²) in [6.45, 7) is 5.55. The SMILES string of the molecule is COc1ccc(N2CCN(S(=O)(=O)C(C)C)C(C)C2=O)cc1. The zero-order valence-electron chi connectivity index (χ0n) is 13.3. The summed E-state index contributed by atoms with van der Waals surface area (Å²) < 4.78 is 31.0. The van der Waals surface area contributed by atoms with Crippen LogP contribution in [0.25, 0.3) is 0 Å². The Morgan fingerprint density at radius 2 is 1.77 bits per heavy atom. The van der Waals surface area contributed by atoms with Crippen LogP contribution in [0.4, 0.5) is 5.69 Å². The van der Waals surface area contributed by atoms with Gasteiger partial charge in [-0.25, -0.2) is 8.42 Å². The van der Waals surface area contributed by atoms with Crippen LogP contribution in [0.3, 0.4) is 0 Å². The van der Waals surface area contributed by atoms with E-state index in [-0.39, 0.29) is 5.91 Å². The van der Waals surface area contributed by atoms with Gasteiger partial charge in [0.25, 0.3) is 0 Å². The second kappa shape index (κ2) is 6.26. The molecule has 1 heterocycles. The first kappa shape index (κ1) is 16.8. The Labute approximate surface area is 131 Å². The molecule has 0 aliphatic carbocycles. The lowest BCUT2D eigenvalue weighted by atomic mass is 10.2. The number of hydrogen-bond acceptors (Lipinski definition) is 4. The summed E-state index contributed by atoms with van der Waals surface area (Å²) in [5, 5.41) is -0.532. The number of benzene rings is 1. The molecule has 6 nitrogen and oxygen atoms in total. The number of amides is 1. The minimum absolute atomic E-state index is 0.208. The maximum absolute atomic E-state index is 12.5. The van der Waals surface area contributed by atoms with Crippen LogP contribution in [-0.2, 0) is 14.8 Å². The highest BCUT2D eigenvalue weighted by atomic mass is 32.2. The predicted molar refractivity (Wildman–Crippen MR) is 85.6 cm³/mol. The summed E-state index contributed by atoms with van der Waals surface area (Å²) in [5.74, 6) is 0.505. The Hall–Kier alpha value is -1.60. The van der Waals surface area contributed by atoms with Crippen LogP contribution in [0.2, 0.25) is 0 Å². The lowest BCUT2D eigenvalue weighted by molar-refractivity contribution is -0.123. The van der Waals surface area contributed by atoms with Crippen molar-refractivity contribution in [1.29, 1.82) is 0 Å². The molecule has 0 saturated carbocycles. The normalized spacial score (nSPS) is 20.5. The van der Waals surface area contributed by atoms with Gasteiger partial charge in [0.2, 0.25) is 15.9 Å². The summed E-state index contributed by atoms with van der Waals surface area (Å²) in [6.07, 6.45) is 0. The van der Waals surface area contributed by atoms with Crippen LogP contribution in [0.15, 0.2) is 24.3 Å². The van der Waals surface area contributed by atoms with Crippen LogP contribution < -0.4 is 9.64 Å². The molecule has 1 fully saturated rings. The van der Waals surface area contributed by atoms with E-state index in [0.29, 0.717) is 18.8 Å². The second-order valence-corrected chi connectivity index (χ2v) is 8.01. The highest BCUT2D eigenvalue weighted by Gasteiger charge is 2.39. The quantitative estimate of drug-likeness (QED) is 0.840. The van der Waals surface area contributed by atoms with Crippen LogP contribution in [0, 0.1) is 0 Å². The molecule has 1 aliphatic heterocycles. The van der Waals surface area contributed by atoms with Crippen molar-refractivity contribution in [1.82, 2.24) is 4.31 Å². The summed E-state index contributed by atoms with van der Waals surface area (Å²) in [6, 6.07) is 6.48. The van der Waals surface area contributed by atoms with Crippen LogP contribution in [0.1, 0.15) is 20.8 Å². The number of carbonyl (C=O) groups is 1. The summed E-state index contributed by atoms with van der Waals surface area (Å²) in [7, 11) is -1.85. The van der Waals surface area contributed by atoms with Gasteiger partial charge in [-0.05, 0) is 45.0 Å². The third kappa shape index (κ3) is 2.96. The number of methoxy groups -OCH3 is 1. The molecular formula is C15H22N2O4S. The van der Waals surface area contributed by atoms with Crippen molar-refractivity contribution in [3.63, 3.8) is 0 Å². The molecule has 7 heteroatoms. The van der Waals surface area contributed by atoms with Gasteiger partial charge in [0.05, 0.1) is 12.4 Å². The molecule has 0 bridgehead atoms. The molecule has 0 aromatic heterocycles. The zero-order chi connectivity index (χ0) is 16.5. The molecule has 2 rings (SSSR count). The molecule has 1 aliphatic rings. The number of nitrogens with zero attached hydrogens (tertiary/aromatic N) is 2. The molecule has 1 atom stereocenters. The van der Waals surface area contributed by atoms with E-state index in [0.717, 1.165) is 5.69 Å². The molecule has 1 aromatic carbocycles. The first-order chi connectivity index (χ1) is 10.3. The van der Waals surface area contributed by atoms with Gasteiger partial charge in [-0.15, -0.1) is 0 Å². The Morgan fingerprint density at radius 3 is 2.27 bits per heavy atom. The minimum atomic E-state index is -3.43. The summed E-state index contributed by atoms with van der Waals surface area (Å²) in [5.41, 5.74) is 0.749. The Bertz CT molecular complexity index is 640. The van der Waals surface area contributed by atoms with Crippen LogP contribution in [0.5, 0.6) is 5.75 Å². The Morgan fingerprint density at radius 1 is 1.18 bits per heavy atom. The molecule has 1 saturated heterocycles. The third-order valence-electron chi connectivity index (χ3n) is 3.91. The number of sulfonamides is 1. The average Bonchev–Trinajstić information content (AvgIpc) is 2.49. The molecule has 0 radical (unpaired) electrons. The van der Waals surface area contributed by atoms with E-state index in [1.807, 2.05) is 0 Å². The second-order valence-electron chi connectivity index (χ2n) is 5.57. The fourth-order valence-electron chi connectivity index (χ4n) is 2.49. The number of ether oxygens (including phenoxy) is 1. The van der Waals surface area contributed by atoms with E-state index in [4.69, 9.17) is 4.74 Å². The molecule has 0 spiro atoms. The van der Waals surface area contributed by atoms with Crippen molar-refractivity contribution in [2.24, 2.45) is 0 Å². The predicted octanol–water partition coefficient (Wildman–Crippen LogP) is 1.47. The standard InChI is InChI=1S/C15H22N2O4S/c1-11(2)22(19,20)17-10-9-16(15(18)12(17)3)13-5-7-14(21-4)8-6-13/h5-8,11-12H,9-10H2,1-4H3.